The number of benzene rings is 1. The molecule has 1 atom stereocenters. The molecular formula is C13H14O5S. The van der Waals surface area contributed by atoms with E-state index in [1.807, 2.05) is 0 Å². The molecule has 0 saturated carbocycles. The van der Waals surface area contributed by atoms with Crippen molar-refractivity contribution in [1.82, 2.24) is 0 Å². The molecular weight excluding hydrogens is 268 g/mol. The number of carboxylic acids is 1. The SMILES string of the molecule is C#CC(C)OCCS(=O)(=O)c1cccc(C(=O)O)c1. The van der Waals surface area contributed by atoms with Gasteiger partial charge in [0.1, 0.15) is 6.10 Å². The molecule has 1 rings (SSSR count). The Morgan fingerprint density at radius 2 is 2.21 bits per heavy atom. The van der Waals surface area contributed by atoms with E-state index < -0.39 is 21.9 Å². The van der Waals surface area contributed by atoms with Crippen molar-refractivity contribution in [1.29, 1.82) is 0 Å². The molecule has 6 heteroatoms. The standard InChI is InChI=1S/C13H14O5S/c1-3-10(2)18-7-8-19(16,17)12-6-4-5-11(9-12)13(14)15/h1,4-6,9-10H,7-8H2,2H3,(H,14,15). The Hall–Kier alpha value is -1.84. The highest BCUT2D eigenvalue weighted by molar-refractivity contribution is 7.91. The normalized spacial score (nSPS) is 12.6. The van der Waals surface area contributed by atoms with Crippen molar-refractivity contribution in [3.8, 4) is 12.3 Å². The Morgan fingerprint density at radius 1 is 1.53 bits per heavy atom. The van der Waals surface area contributed by atoms with Crippen LogP contribution in [0.15, 0.2) is 29.2 Å². The summed E-state index contributed by atoms with van der Waals surface area (Å²) in [5, 5.41) is 8.81. The van der Waals surface area contributed by atoms with Crippen LogP contribution in [0.1, 0.15) is 17.3 Å². The molecule has 0 spiro atoms. The first-order valence-electron chi connectivity index (χ1n) is 5.50. The van der Waals surface area contributed by atoms with Crippen molar-refractivity contribution >= 4 is 15.8 Å². The van der Waals surface area contributed by atoms with Gasteiger partial charge in [-0.15, -0.1) is 6.42 Å². The van der Waals surface area contributed by atoms with Crippen molar-refractivity contribution in [3.05, 3.63) is 29.8 Å². The minimum atomic E-state index is -3.58. The Bertz CT molecular complexity index is 598. The molecule has 0 radical (unpaired) electrons. The summed E-state index contributed by atoms with van der Waals surface area (Å²) in [6, 6.07) is 5.20. The summed E-state index contributed by atoms with van der Waals surface area (Å²) < 4.78 is 29.0. The zero-order valence-electron chi connectivity index (χ0n) is 10.4. The lowest BCUT2D eigenvalue weighted by atomic mass is 10.2. The number of carbonyl (C=O) groups is 1. The lowest BCUT2D eigenvalue weighted by molar-refractivity contribution is 0.0696. The number of hydrogen-bond donors (Lipinski definition) is 1. The molecule has 0 fully saturated rings. The van der Waals surface area contributed by atoms with Gasteiger partial charge in [-0.3, -0.25) is 0 Å². The Labute approximate surface area is 112 Å². The first-order chi connectivity index (χ1) is 8.86. The van der Waals surface area contributed by atoms with Gasteiger partial charge in [0.2, 0.25) is 0 Å². The number of sulfone groups is 1. The monoisotopic (exact) mass is 282 g/mol. The minimum absolute atomic E-state index is 0.0367. The molecule has 1 aromatic carbocycles. The van der Waals surface area contributed by atoms with E-state index in [1.165, 1.54) is 18.2 Å². The molecule has 0 aromatic heterocycles. The first kappa shape index (κ1) is 15.2. The van der Waals surface area contributed by atoms with E-state index in [2.05, 4.69) is 5.92 Å². The maximum Gasteiger partial charge on any atom is 0.335 e. The molecule has 0 heterocycles. The van der Waals surface area contributed by atoms with Crippen molar-refractivity contribution in [3.63, 3.8) is 0 Å². The molecule has 0 amide bonds. The summed E-state index contributed by atoms with van der Waals surface area (Å²) >= 11 is 0. The van der Waals surface area contributed by atoms with Crippen molar-refractivity contribution in [2.75, 3.05) is 12.4 Å². The van der Waals surface area contributed by atoms with Crippen LogP contribution in [0.5, 0.6) is 0 Å². The van der Waals surface area contributed by atoms with Gasteiger partial charge in [0.25, 0.3) is 0 Å². The highest BCUT2D eigenvalue weighted by Crippen LogP contribution is 2.13. The maximum atomic E-state index is 12.0. The van der Waals surface area contributed by atoms with E-state index in [0.717, 1.165) is 6.07 Å². The molecule has 0 aliphatic rings. The third-order valence-corrected chi connectivity index (χ3v) is 4.07. The summed E-state index contributed by atoms with van der Waals surface area (Å²) in [6.07, 6.45) is 4.64. The summed E-state index contributed by atoms with van der Waals surface area (Å²) in [7, 11) is -3.58. The van der Waals surface area contributed by atoms with Gasteiger partial charge in [0, 0.05) is 0 Å². The van der Waals surface area contributed by atoms with Crippen molar-refractivity contribution in [2.45, 2.75) is 17.9 Å². The van der Waals surface area contributed by atoms with E-state index in [0.29, 0.717) is 0 Å². The Kier molecular flexibility index (Phi) is 5.10. The Balaban J connectivity index is 2.81. The van der Waals surface area contributed by atoms with Crippen LogP contribution in [0.4, 0.5) is 0 Å². The number of aromatic carboxylic acids is 1. The van der Waals surface area contributed by atoms with E-state index in [4.69, 9.17) is 16.3 Å². The lowest BCUT2D eigenvalue weighted by Crippen LogP contribution is -2.16. The van der Waals surface area contributed by atoms with E-state index in [9.17, 15) is 13.2 Å². The predicted octanol–water partition coefficient (Wildman–Crippen LogP) is 1.20. The number of carboxylic acid groups (broad SMARTS) is 1. The van der Waals surface area contributed by atoms with Crippen LogP contribution < -0.4 is 0 Å². The molecule has 1 unspecified atom stereocenters. The number of hydrogen-bond acceptors (Lipinski definition) is 4. The van der Waals surface area contributed by atoms with Crippen LogP contribution >= 0.6 is 0 Å². The third-order valence-electron chi connectivity index (χ3n) is 2.39. The predicted molar refractivity (Wildman–Crippen MR) is 69.7 cm³/mol. The summed E-state index contributed by atoms with van der Waals surface area (Å²) in [6.45, 7) is 1.60. The van der Waals surface area contributed by atoms with Gasteiger partial charge in [-0.25, -0.2) is 13.2 Å². The van der Waals surface area contributed by atoms with Crippen LogP contribution in [-0.4, -0.2) is 38.0 Å². The fourth-order valence-electron chi connectivity index (χ4n) is 1.32. The molecule has 19 heavy (non-hydrogen) atoms. The zero-order chi connectivity index (χ0) is 14.5. The molecule has 0 aliphatic carbocycles. The molecule has 0 saturated heterocycles. The lowest BCUT2D eigenvalue weighted by Gasteiger charge is -2.08. The van der Waals surface area contributed by atoms with Crippen molar-refractivity contribution in [2.24, 2.45) is 0 Å². The van der Waals surface area contributed by atoms with Crippen LogP contribution in [0, 0.1) is 12.3 Å². The molecule has 0 bridgehead atoms. The average molecular weight is 282 g/mol. The van der Waals surface area contributed by atoms with Gasteiger partial charge >= 0.3 is 5.97 Å². The molecule has 5 nitrogen and oxygen atoms in total. The second-order valence-electron chi connectivity index (χ2n) is 3.83. The summed E-state index contributed by atoms with van der Waals surface area (Å²) in [5.74, 6) is 0.900. The quantitative estimate of drug-likeness (QED) is 0.793. The summed E-state index contributed by atoms with van der Waals surface area (Å²) in [4.78, 5) is 10.7. The summed E-state index contributed by atoms with van der Waals surface area (Å²) in [5.41, 5.74) is -0.0704. The minimum Gasteiger partial charge on any atom is -0.478 e. The Morgan fingerprint density at radius 3 is 2.79 bits per heavy atom. The van der Waals surface area contributed by atoms with E-state index in [-0.39, 0.29) is 22.8 Å². The highest BCUT2D eigenvalue weighted by Gasteiger charge is 2.16. The van der Waals surface area contributed by atoms with Crippen LogP contribution in [-0.2, 0) is 14.6 Å². The smallest absolute Gasteiger partial charge is 0.335 e. The fraction of sp³-hybridized carbons (Fsp3) is 0.308. The van der Waals surface area contributed by atoms with Gasteiger partial charge in [-0.05, 0) is 25.1 Å². The van der Waals surface area contributed by atoms with Crippen LogP contribution in [0.2, 0.25) is 0 Å². The molecule has 1 aromatic rings. The maximum absolute atomic E-state index is 12.0. The second kappa shape index (κ2) is 6.36. The number of rotatable bonds is 6. The van der Waals surface area contributed by atoms with Crippen molar-refractivity contribution < 1.29 is 23.1 Å². The average Bonchev–Trinajstić information content (AvgIpc) is 2.38. The highest BCUT2D eigenvalue weighted by atomic mass is 32.2. The van der Waals surface area contributed by atoms with Gasteiger partial charge in [0.15, 0.2) is 9.84 Å². The fourth-order valence-corrected chi connectivity index (χ4v) is 2.47. The zero-order valence-corrected chi connectivity index (χ0v) is 11.2. The first-order valence-corrected chi connectivity index (χ1v) is 7.16. The van der Waals surface area contributed by atoms with Gasteiger partial charge in [-0.2, -0.15) is 0 Å². The largest absolute Gasteiger partial charge is 0.478 e. The third kappa shape index (κ3) is 4.39. The number of ether oxygens (including phenoxy) is 1. The topological polar surface area (TPSA) is 80.7 Å². The van der Waals surface area contributed by atoms with Crippen LogP contribution in [0.25, 0.3) is 0 Å². The van der Waals surface area contributed by atoms with Crippen LogP contribution in [0.3, 0.4) is 0 Å². The second-order valence-corrected chi connectivity index (χ2v) is 5.94. The van der Waals surface area contributed by atoms with Gasteiger partial charge in [0.05, 0.1) is 22.8 Å². The van der Waals surface area contributed by atoms with E-state index in [1.54, 1.807) is 6.92 Å². The van der Waals surface area contributed by atoms with Gasteiger partial charge < -0.3 is 9.84 Å². The molecule has 102 valence electrons. The van der Waals surface area contributed by atoms with Gasteiger partial charge in [-0.1, -0.05) is 12.0 Å². The van der Waals surface area contributed by atoms with E-state index >= 15 is 0 Å². The molecule has 0 aliphatic heterocycles. The molecule has 1 N–H and O–H groups in total. The number of terminal acetylenes is 1.